The quantitative estimate of drug-likeness (QED) is 0.0989. The minimum Gasteiger partial charge on any atom is -0.208 e. The minimum atomic E-state index is -0.0612. The lowest BCUT2D eigenvalue weighted by Gasteiger charge is -2.21. The summed E-state index contributed by atoms with van der Waals surface area (Å²) in [7, 11) is 0. The molecule has 0 saturated heterocycles. The molecule has 674 valence electrons. The van der Waals surface area contributed by atoms with Gasteiger partial charge in [0.25, 0.3) is 0 Å². The summed E-state index contributed by atoms with van der Waals surface area (Å²) in [6, 6.07) is 165. The van der Waals surface area contributed by atoms with Crippen LogP contribution in [0.2, 0.25) is 0 Å². The molecule has 0 N–H and O–H groups in total. The van der Waals surface area contributed by atoms with Gasteiger partial charge in [0, 0.05) is 66.3 Å². The number of nitrogens with zero attached hydrogens (tertiary/aromatic N) is 9. The molecular weight excluding hydrogens is 1720 g/mol. The van der Waals surface area contributed by atoms with Crippen molar-refractivity contribution < 1.29 is 0 Å². The SMILES string of the molecule is CC1(C)c2ccccc2-c2c(-c3cccc(-c4nc(-c5ccccc5)nc(-c5ccc(-c6cccc7c6Cc6ccccc6-7)cc5)n4)c3)cccc21.CC1(C)c2ccccc2-c2c(-c3cccc(-c4nc(-c5ccccc5)nc(-c5ccc(-c6ccccc6)cc5)n4)c3)cccc21.CC1(C)c2ccccc2-c2cc(-c3nc(-c4ccc(-c5ccccc5)cc4)nc(-c4ccc(-c5ccccc5)cc4)n3)ccc21. The van der Waals surface area contributed by atoms with E-state index in [0.29, 0.717) is 52.4 Å². The second-order valence-electron chi connectivity index (χ2n) is 38.6. The summed E-state index contributed by atoms with van der Waals surface area (Å²) >= 11 is 0. The topological polar surface area (TPSA) is 116 Å². The van der Waals surface area contributed by atoms with Crippen LogP contribution in [-0.2, 0) is 22.7 Å². The molecule has 4 aliphatic carbocycles. The molecule has 0 radical (unpaired) electrons. The molecule has 19 aromatic carbocycles. The maximum Gasteiger partial charge on any atom is 0.164 e. The van der Waals surface area contributed by atoms with Gasteiger partial charge in [0.15, 0.2) is 52.4 Å². The van der Waals surface area contributed by atoms with E-state index in [1.54, 1.807) is 0 Å². The Labute approximate surface area is 828 Å². The van der Waals surface area contributed by atoms with Crippen LogP contribution in [0, 0.1) is 0 Å². The van der Waals surface area contributed by atoms with Gasteiger partial charge in [-0.2, -0.15) is 0 Å². The van der Waals surface area contributed by atoms with Crippen LogP contribution in [0.4, 0.5) is 0 Å². The lowest BCUT2D eigenvalue weighted by Crippen LogP contribution is -2.14. The van der Waals surface area contributed by atoms with E-state index in [2.05, 4.69) is 442 Å². The standard InChI is InChI=1S/C49H35N3.2C42H31N3/c1-49(2)43-23-9-8-19-41(43)45-39(21-12-24-44(45)49)34-16-10-17-36(29-34)48-51-46(32-13-4-3-5-14-32)50-47(52-48)33-27-25-31(26-28-33)37-20-11-22-40-38-18-7-6-15-35(38)30-42(37)40;1-42(2)36-21-10-9-19-35(36)38-34(20-12-22-37(38)42)32-17-11-18-33(27-32)41-44-39(30-15-7-4-8-16-30)43-40(45-41)31-25-23-29(24-26-31)28-13-5-3-6-14-28;1-42(2)37-16-10-9-15-35(37)36-27-34(25-26-38(36)42)41-44-39(32-21-17-30(18-22-32)28-11-5-3-6-12-28)43-40(45-41)33-23-19-31(20-24-33)29-13-7-4-8-14-29/h3-29H,30H2,1-2H3;2*3-27H,1-2H3. The van der Waals surface area contributed by atoms with Gasteiger partial charge >= 0.3 is 0 Å². The summed E-state index contributed by atoms with van der Waals surface area (Å²) in [4.78, 5) is 45.4. The average molecular weight is 1820 g/mol. The Morgan fingerprint density at radius 2 is 0.366 bits per heavy atom. The average Bonchev–Trinajstić information content (AvgIpc) is 1.55. The highest BCUT2D eigenvalue weighted by atomic mass is 15.1. The van der Waals surface area contributed by atoms with E-state index < -0.39 is 0 Å². The molecule has 4 aliphatic rings. The normalized spacial score (nSPS) is 13.0. The summed E-state index contributed by atoms with van der Waals surface area (Å²) in [5.41, 5.74) is 44.1. The number of fused-ring (bicyclic) bond motifs is 12. The Morgan fingerprint density at radius 1 is 0.141 bits per heavy atom. The van der Waals surface area contributed by atoms with Crippen LogP contribution in [0.5, 0.6) is 0 Å². The smallest absolute Gasteiger partial charge is 0.164 e. The third-order valence-corrected chi connectivity index (χ3v) is 28.9. The van der Waals surface area contributed by atoms with E-state index in [1.165, 1.54) is 128 Å². The van der Waals surface area contributed by atoms with E-state index >= 15 is 0 Å². The number of hydrogen-bond acceptors (Lipinski definition) is 9. The first-order valence-corrected chi connectivity index (χ1v) is 48.7. The van der Waals surface area contributed by atoms with Gasteiger partial charge in [0.2, 0.25) is 0 Å². The minimum absolute atomic E-state index is 0.0523. The molecule has 3 heterocycles. The largest absolute Gasteiger partial charge is 0.208 e. The van der Waals surface area contributed by atoms with Crippen molar-refractivity contribution >= 4 is 0 Å². The van der Waals surface area contributed by atoms with Gasteiger partial charge in [-0.1, -0.05) is 490 Å². The molecule has 0 amide bonds. The molecule has 0 spiro atoms. The molecule has 0 fully saturated rings. The van der Waals surface area contributed by atoms with Crippen LogP contribution in [0.3, 0.4) is 0 Å². The Kier molecular flexibility index (Phi) is 22.2. The van der Waals surface area contributed by atoms with Gasteiger partial charge in [-0.25, -0.2) is 44.9 Å². The molecule has 142 heavy (non-hydrogen) atoms. The Morgan fingerprint density at radius 3 is 0.761 bits per heavy atom. The van der Waals surface area contributed by atoms with E-state index in [4.69, 9.17) is 44.9 Å². The van der Waals surface area contributed by atoms with Crippen LogP contribution in [0.15, 0.2) is 467 Å². The third-order valence-electron chi connectivity index (χ3n) is 28.9. The molecule has 22 aromatic rings. The summed E-state index contributed by atoms with van der Waals surface area (Å²) < 4.78 is 0. The zero-order chi connectivity index (χ0) is 95.6. The molecule has 9 heteroatoms. The number of aromatic nitrogens is 9. The van der Waals surface area contributed by atoms with Gasteiger partial charge in [0.1, 0.15) is 0 Å². The first-order valence-electron chi connectivity index (χ1n) is 48.7. The fourth-order valence-electron chi connectivity index (χ4n) is 21.5. The van der Waals surface area contributed by atoms with E-state index in [0.717, 1.165) is 84.3 Å². The Balaban J connectivity index is 0.000000115. The van der Waals surface area contributed by atoms with Gasteiger partial charge in [-0.15, -0.1) is 0 Å². The number of benzene rings is 19. The summed E-state index contributed by atoms with van der Waals surface area (Å²) in [5.74, 6) is 5.91. The van der Waals surface area contributed by atoms with Crippen molar-refractivity contribution in [3.8, 4) is 214 Å². The fraction of sp³-hybridized carbons (Fsp3) is 0.0752. The number of rotatable bonds is 15. The highest BCUT2D eigenvalue weighted by molar-refractivity contribution is 5.96. The van der Waals surface area contributed by atoms with Crippen LogP contribution in [0.1, 0.15) is 86.1 Å². The van der Waals surface area contributed by atoms with Gasteiger partial charge < -0.3 is 0 Å². The van der Waals surface area contributed by atoms with Crippen molar-refractivity contribution in [2.75, 3.05) is 0 Å². The van der Waals surface area contributed by atoms with Crippen molar-refractivity contribution in [1.29, 1.82) is 0 Å². The molecular formula is C133H97N9. The summed E-state index contributed by atoms with van der Waals surface area (Å²) in [5, 5.41) is 0. The predicted octanol–water partition coefficient (Wildman–Crippen LogP) is 33.1. The molecule has 0 saturated carbocycles. The van der Waals surface area contributed by atoms with Crippen molar-refractivity contribution in [2.24, 2.45) is 0 Å². The first kappa shape index (κ1) is 87.0. The summed E-state index contributed by atoms with van der Waals surface area (Å²) in [6.45, 7) is 13.9. The summed E-state index contributed by atoms with van der Waals surface area (Å²) in [6.07, 6.45) is 0.954. The second-order valence-corrected chi connectivity index (χ2v) is 38.6. The first-order chi connectivity index (χ1) is 69.6. The maximum atomic E-state index is 5.13. The monoisotopic (exact) mass is 1820 g/mol. The van der Waals surface area contributed by atoms with E-state index in [1.807, 2.05) is 66.7 Å². The molecule has 0 unspecified atom stereocenters. The van der Waals surface area contributed by atoms with Crippen LogP contribution >= 0.6 is 0 Å². The molecule has 0 bridgehead atoms. The highest BCUT2D eigenvalue weighted by Gasteiger charge is 2.40. The lowest BCUT2D eigenvalue weighted by atomic mass is 9.82. The molecule has 0 aliphatic heterocycles. The molecule has 9 nitrogen and oxygen atoms in total. The van der Waals surface area contributed by atoms with Gasteiger partial charge in [0.05, 0.1) is 0 Å². The fourth-order valence-corrected chi connectivity index (χ4v) is 21.5. The Hall–Kier alpha value is -17.8. The zero-order valence-electron chi connectivity index (χ0n) is 79.7. The van der Waals surface area contributed by atoms with Crippen LogP contribution in [-0.4, -0.2) is 44.9 Å². The van der Waals surface area contributed by atoms with Crippen molar-refractivity contribution in [1.82, 2.24) is 44.9 Å². The highest BCUT2D eigenvalue weighted by Crippen LogP contribution is 2.56. The van der Waals surface area contributed by atoms with E-state index in [9.17, 15) is 0 Å². The van der Waals surface area contributed by atoms with E-state index in [-0.39, 0.29) is 16.2 Å². The Bertz CT molecular complexity index is 8480. The molecule has 26 rings (SSSR count). The lowest BCUT2D eigenvalue weighted by molar-refractivity contribution is 0.660. The third kappa shape index (κ3) is 16.2. The van der Waals surface area contributed by atoms with Crippen molar-refractivity contribution in [2.45, 2.75) is 64.2 Å². The second kappa shape index (κ2) is 36.3. The van der Waals surface area contributed by atoms with Crippen molar-refractivity contribution in [3.63, 3.8) is 0 Å². The van der Waals surface area contributed by atoms with Gasteiger partial charge in [-0.3, -0.25) is 0 Å². The predicted molar refractivity (Wildman–Crippen MR) is 582 cm³/mol. The molecule has 0 atom stereocenters. The van der Waals surface area contributed by atoms with Crippen molar-refractivity contribution in [3.05, 3.63) is 512 Å². The zero-order valence-corrected chi connectivity index (χ0v) is 79.7. The van der Waals surface area contributed by atoms with Gasteiger partial charge in [-0.05, 0) is 180 Å². The van der Waals surface area contributed by atoms with Crippen LogP contribution in [0.25, 0.3) is 214 Å². The number of hydrogen-bond donors (Lipinski definition) is 0. The molecule has 3 aromatic heterocycles. The van der Waals surface area contributed by atoms with Crippen LogP contribution < -0.4 is 0 Å². The maximum absolute atomic E-state index is 5.13.